The van der Waals surface area contributed by atoms with Crippen molar-refractivity contribution >= 4 is 17.9 Å². The highest BCUT2D eigenvalue weighted by Crippen LogP contribution is 2.27. The highest BCUT2D eigenvalue weighted by Gasteiger charge is 2.36. The van der Waals surface area contributed by atoms with Crippen LogP contribution < -0.4 is 10.2 Å². The zero-order valence-corrected chi connectivity index (χ0v) is 16.4. The molecule has 2 fully saturated rings. The van der Waals surface area contributed by atoms with Gasteiger partial charge in [0.15, 0.2) is 0 Å². The molecule has 6 heteroatoms. The Kier molecular flexibility index (Phi) is 6.50. The molecule has 1 aromatic rings. The van der Waals surface area contributed by atoms with Crippen LogP contribution in [0.3, 0.4) is 0 Å². The normalized spacial score (nSPS) is 20.5. The molecule has 2 saturated heterocycles. The number of carbonyl (C=O) groups excluding carboxylic acids is 2. The molecule has 3 rings (SSSR count). The summed E-state index contributed by atoms with van der Waals surface area (Å²) in [5.41, 5.74) is 1.82. The number of carbonyl (C=O) groups is 2. The van der Waals surface area contributed by atoms with Crippen molar-refractivity contribution in [2.45, 2.75) is 31.2 Å². The van der Waals surface area contributed by atoms with E-state index in [1.165, 1.54) is 0 Å². The van der Waals surface area contributed by atoms with Crippen LogP contribution in [0.15, 0.2) is 24.3 Å². The molecule has 0 atom stereocenters. The van der Waals surface area contributed by atoms with Crippen molar-refractivity contribution in [1.82, 2.24) is 10.2 Å². The van der Waals surface area contributed by atoms with Crippen LogP contribution in [-0.4, -0.2) is 69.6 Å². The van der Waals surface area contributed by atoms with Gasteiger partial charge in [0.2, 0.25) is 5.91 Å². The Hall–Kier alpha value is -1.92. The molecule has 148 valence electrons. The molecule has 1 aromatic carbocycles. The summed E-state index contributed by atoms with van der Waals surface area (Å²) in [7, 11) is 4.18. The van der Waals surface area contributed by atoms with Crippen LogP contribution in [0.4, 0.5) is 5.69 Å². The molecule has 0 unspecified atom stereocenters. The number of nitrogens with one attached hydrogen (secondary N) is 1. The number of benzene rings is 1. The summed E-state index contributed by atoms with van der Waals surface area (Å²) in [6, 6.07) is 7.65. The van der Waals surface area contributed by atoms with Crippen LogP contribution in [0.1, 0.15) is 36.0 Å². The maximum atomic E-state index is 12.7. The van der Waals surface area contributed by atoms with Crippen molar-refractivity contribution in [3.63, 3.8) is 0 Å². The Bertz CT molecular complexity index is 631. The maximum Gasteiger partial charge on any atom is 0.223 e. The van der Waals surface area contributed by atoms with Gasteiger partial charge in [0, 0.05) is 55.6 Å². The highest BCUT2D eigenvalue weighted by molar-refractivity contribution is 5.79. The third kappa shape index (κ3) is 4.68. The van der Waals surface area contributed by atoms with Crippen molar-refractivity contribution in [2.75, 3.05) is 51.8 Å². The summed E-state index contributed by atoms with van der Waals surface area (Å²) in [5, 5.41) is 3.22. The summed E-state index contributed by atoms with van der Waals surface area (Å²) >= 11 is 0. The van der Waals surface area contributed by atoms with E-state index in [4.69, 9.17) is 4.74 Å². The molecule has 0 spiro atoms. The van der Waals surface area contributed by atoms with Crippen LogP contribution >= 0.6 is 0 Å². The van der Waals surface area contributed by atoms with E-state index in [2.05, 4.69) is 29.2 Å². The maximum absolute atomic E-state index is 12.7. The number of amides is 1. The Labute approximate surface area is 161 Å². The first-order valence-corrected chi connectivity index (χ1v) is 9.87. The first kappa shape index (κ1) is 19.8. The lowest BCUT2D eigenvalue weighted by atomic mass is 9.88. The Balaban J connectivity index is 1.49. The first-order valence-electron chi connectivity index (χ1n) is 9.87. The number of nitrogens with zero attached hydrogens (tertiary/aromatic N) is 2. The third-order valence-electron chi connectivity index (χ3n) is 6.22. The van der Waals surface area contributed by atoms with Gasteiger partial charge in [-0.2, -0.15) is 0 Å². The molecule has 1 N–H and O–H groups in total. The fourth-order valence-corrected chi connectivity index (χ4v) is 4.09. The molecule has 2 aliphatic heterocycles. The van der Waals surface area contributed by atoms with E-state index in [-0.39, 0.29) is 17.4 Å². The predicted molar refractivity (Wildman–Crippen MR) is 106 cm³/mol. The SMILES string of the molecule is CN(C)C1(CNC(=O)C2CCN(c3ccc(C=O)cc3)CC2)CCOCC1. The minimum Gasteiger partial charge on any atom is -0.381 e. The van der Waals surface area contributed by atoms with Crippen LogP contribution in [0.25, 0.3) is 0 Å². The number of piperidine rings is 1. The monoisotopic (exact) mass is 373 g/mol. The zero-order valence-electron chi connectivity index (χ0n) is 16.4. The van der Waals surface area contributed by atoms with E-state index in [1.54, 1.807) is 0 Å². The number of anilines is 1. The molecule has 0 radical (unpaired) electrons. The van der Waals surface area contributed by atoms with Gasteiger partial charge < -0.3 is 19.9 Å². The topological polar surface area (TPSA) is 61.9 Å². The van der Waals surface area contributed by atoms with Gasteiger partial charge in [-0.15, -0.1) is 0 Å². The van der Waals surface area contributed by atoms with Crippen molar-refractivity contribution < 1.29 is 14.3 Å². The number of ether oxygens (including phenoxy) is 1. The van der Waals surface area contributed by atoms with Crippen molar-refractivity contribution in [2.24, 2.45) is 5.92 Å². The summed E-state index contributed by atoms with van der Waals surface area (Å²) in [6.07, 6.45) is 4.49. The van der Waals surface area contributed by atoms with E-state index in [9.17, 15) is 9.59 Å². The second kappa shape index (κ2) is 8.85. The van der Waals surface area contributed by atoms with Gasteiger partial charge in [-0.1, -0.05) is 0 Å². The van der Waals surface area contributed by atoms with Gasteiger partial charge in [-0.25, -0.2) is 0 Å². The quantitative estimate of drug-likeness (QED) is 0.772. The highest BCUT2D eigenvalue weighted by atomic mass is 16.5. The molecular weight excluding hydrogens is 342 g/mol. The molecule has 0 saturated carbocycles. The second-order valence-electron chi connectivity index (χ2n) is 7.92. The number of aldehydes is 1. The number of likely N-dealkylation sites (N-methyl/N-ethyl adjacent to an activating group) is 1. The Morgan fingerprint density at radius 3 is 2.41 bits per heavy atom. The zero-order chi connectivity index (χ0) is 19.3. The van der Waals surface area contributed by atoms with Gasteiger partial charge in [0.05, 0.1) is 0 Å². The van der Waals surface area contributed by atoms with Crippen LogP contribution in [0.5, 0.6) is 0 Å². The van der Waals surface area contributed by atoms with Crippen molar-refractivity contribution in [1.29, 1.82) is 0 Å². The summed E-state index contributed by atoms with van der Waals surface area (Å²) in [5.74, 6) is 0.258. The van der Waals surface area contributed by atoms with Gasteiger partial charge in [0.25, 0.3) is 0 Å². The summed E-state index contributed by atoms with van der Waals surface area (Å²) in [6.45, 7) is 3.94. The van der Waals surface area contributed by atoms with Crippen LogP contribution in [0.2, 0.25) is 0 Å². The van der Waals surface area contributed by atoms with E-state index in [0.29, 0.717) is 12.1 Å². The average Bonchev–Trinajstić information content (AvgIpc) is 2.73. The Morgan fingerprint density at radius 2 is 1.85 bits per heavy atom. The van der Waals surface area contributed by atoms with Crippen LogP contribution in [-0.2, 0) is 9.53 Å². The molecule has 0 bridgehead atoms. The molecule has 0 aromatic heterocycles. The fraction of sp³-hybridized carbons (Fsp3) is 0.619. The van der Waals surface area contributed by atoms with Crippen molar-refractivity contribution in [3.05, 3.63) is 29.8 Å². The minimum absolute atomic E-state index is 0.00887. The number of hydrogen-bond donors (Lipinski definition) is 1. The molecule has 0 aliphatic carbocycles. The number of hydrogen-bond acceptors (Lipinski definition) is 5. The minimum atomic E-state index is 0.00887. The third-order valence-corrected chi connectivity index (χ3v) is 6.22. The van der Waals surface area contributed by atoms with Gasteiger partial charge >= 0.3 is 0 Å². The smallest absolute Gasteiger partial charge is 0.223 e. The molecule has 2 aliphatic rings. The molecular formula is C21H31N3O3. The summed E-state index contributed by atoms with van der Waals surface area (Å²) in [4.78, 5) is 28.0. The lowest BCUT2D eigenvalue weighted by molar-refractivity contribution is -0.126. The van der Waals surface area contributed by atoms with E-state index >= 15 is 0 Å². The van der Waals surface area contributed by atoms with E-state index in [1.807, 2.05) is 24.3 Å². The first-order chi connectivity index (χ1) is 13.0. The van der Waals surface area contributed by atoms with Gasteiger partial charge in [0.1, 0.15) is 6.29 Å². The lowest BCUT2D eigenvalue weighted by Crippen LogP contribution is -2.56. The van der Waals surface area contributed by atoms with E-state index < -0.39 is 0 Å². The predicted octanol–water partition coefficient (Wildman–Crippen LogP) is 1.94. The Morgan fingerprint density at radius 1 is 1.22 bits per heavy atom. The molecule has 2 heterocycles. The van der Waals surface area contributed by atoms with Gasteiger partial charge in [-0.3, -0.25) is 9.59 Å². The molecule has 1 amide bonds. The van der Waals surface area contributed by atoms with Crippen molar-refractivity contribution in [3.8, 4) is 0 Å². The fourth-order valence-electron chi connectivity index (χ4n) is 4.09. The second-order valence-corrected chi connectivity index (χ2v) is 7.92. The summed E-state index contributed by atoms with van der Waals surface area (Å²) < 4.78 is 5.50. The standard InChI is InChI=1S/C21H31N3O3/c1-23(2)21(9-13-27-14-10-21)16-22-20(26)18-7-11-24(12-8-18)19-5-3-17(15-25)4-6-19/h3-6,15,18H,7-14,16H2,1-2H3,(H,22,26). The van der Waals surface area contributed by atoms with Crippen LogP contribution in [0, 0.1) is 5.92 Å². The largest absolute Gasteiger partial charge is 0.381 e. The molecule has 27 heavy (non-hydrogen) atoms. The average molecular weight is 373 g/mol. The lowest BCUT2D eigenvalue weighted by Gasteiger charge is -2.43. The van der Waals surface area contributed by atoms with E-state index in [0.717, 1.165) is 64.0 Å². The molecule has 6 nitrogen and oxygen atoms in total. The van der Waals surface area contributed by atoms with Gasteiger partial charge in [-0.05, 0) is 64.0 Å². The number of rotatable bonds is 6.